The fourth-order valence-electron chi connectivity index (χ4n) is 2.39. The number of hydrogen-bond donors (Lipinski definition) is 0. The first-order valence-corrected chi connectivity index (χ1v) is 5.24. The molecule has 0 N–H and O–H groups in total. The molecule has 1 aliphatic heterocycles. The number of ether oxygens (including phenoxy) is 2. The maximum Gasteiger partial charge on any atom is 0.148 e. The quantitative estimate of drug-likeness (QED) is 0.619. The highest BCUT2D eigenvalue weighted by molar-refractivity contribution is 4.87. The molecule has 1 saturated carbocycles. The largest absolute Gasteiger partial charge is 0.350 e. The smallest absolute Gasteiger partial charge is 0.148 e. The molecule has 1 aliphatic carbocycles. The van der Waals surface area contributed by atoms with Crippen LogP contribution in [0.4, 0.5) is 0 Å². The van der Waals surface area contributed by atoms with Gasteiger partial charge in [-0.05, 0) is 33.1 Å². The molecule has 0 bridgehead atoms. The molecule has 3 nitrogen and oxygen atoms in total. The van der Waals surface area contributed by atoms with E-state index in [9.17, 15) is 0 Å². The minimum Gasteiger partial charge on any atom is -0.350 e. The Morgan fingerprint density at radius 3 is 2.92 bits per heavy atom. The molecule has 13 heavy (non-hydrogen) atoms. The van der Waals surface area contributed by atoms with Crippen molar-refractivity contribution in [2.75, 3.05) is 13.5 Å². The van der Waals surface area contributed by atoms with Crippen molar-refractivity contribution in [3.63, 3.8) is 0 Å². The van der Waals surface area contributed by atoms with E-state index in [0.717, 1.165) is 6.73 Å². The highest BCUT2D eigenvalue weighted by Crippen LogP contribution is 2.29. The van der Waals surface area contributed by atoms with Gasteiger partial charge in [0, 0.05) is 12.1 Å². The summed E-state index contributed by atoms with van der Waals surface area (Å²) in [6.45, 7) is 5.66. The zero-order valence-corrected chi connectivity index (χ0v) is 8.53. The van der Waals surface area contributed by atoms with E-state index in [-0.39, 0.29) is 0 Å². The molecule has 1 saturated heterocycles. The summed E-state index contributed by atoms with van der Waals surface area (Å²) in [5, 5.41) is 0. The SMILES string of the molecule is CC(C)N1COCO[C@@H]2CCC[C@H]21. The number of rotatable bonds is 1. The van der Waals surface area contributed by atoms with Gasteiger partial charge in [0.15, 0.2) is 0 Å². The molecule has 2 fully saturated rings. The molecule has 0 spiro atoms. The van der Waals surface area contributed by atoms with Crippen molar-refractivity contribution in [1.29, 1.82) is 0 Å². The first kappa shape index (κ1) is 9.44. The standard InChI is InChI=1S/C10H19NO2/c1-8(2)11-6-12-7-13-10-5-3-4-9(10)11/h8-10H,3-7H2,1-2H3/t9-,10-/m1/s1. The average Bonchev–Trinajstić information content (AvgIpc) is 2.44. The minimum atomic E-state index is 0.421. The van der Waals surface area contributed by atoms with Gasteiger partial charge in [-0.2, -0.15) is 0 Å². The van der Waals surface area contributed by atoms with Crippen molar-refractivity contribution in [2.24, 2.45) is 0 Å². The van der Waals surface area contributed by atoms with E-state index in [2.05, 4.69) is 18.7 Å². The number of fused-ring (bicyclic) bond motifs is 1. The van der Waals surface area contributed by atoms with Crippen LogP contribution in [0.1, 0.15) is 33.1 Å². The molecular formula is C10H19NO2. The zero-order valence-electron chi connectivity index (χ0n) is 8.53. The van der Waals surface area contributed by atoms with Gasteiger partial charge in [-0.25, -0.2) is 0 Å². The normalized spacial score (nSPS) is 36.2. The Hall–Kier alpha value is -0.120. The lowest BCUT2D eigenvalue weighted by atomic mass is 10.1. The molecular weight excluding hydrogens is 166 g/mol. The van der Waals surface area contributed by atoms with Crippen molar-refractivity contribution in [3.8, 4) is 0 Å². The van der Waals surface area contributed by atoms with Gasteiger partial charge in [0.1, 0.15) is 13.5 Å². The van der Waals surface area contributed by atoms with Crippen LogP contribution in [0.3, 0.4) is 0 Å². The van der Waals surface area contributed by atoms with E-state index in [1.165, 1.54) is 19.3 Å². The summed E-state index contributed by atoms with van der Waals surface area (Å²) in [6, 6.07) is 1.16. The van der Waals surface area contributed by atoms with Crippen LogP contribution in [0.15, 0.2) is 0 Å². The monoisotopic (exact) mass is 185 g/mol. The van der Waals surface area contributed by atoms with Crippen molar-refractivity contribution in [2.45, 2.75) is 51.3 Å². The topological polar surface area (TPSA) is 21.7 Å². The molecule has 0 aromatic rings. The van der Waals surface area contributed by atoms with E-state index in [1.54, 1.807) is 0 Å². The molecule has 76 valence electrons. The van der Waals surface area contributed by atoms with Crippen LogP contribution in [-0.2, 0) is 9.47 Å². The Labute approximate surface area is 80.0 Å². The molecule has 0 unspecified atom stereocenters. The molecule has 0 amide bonds. The van der Waals surface area contributed by atoms with E-state index in [1.807, 2.05) is 0 Å². The van der Waals surface area contributed by atoms with Crippen molar-refractivity contribution >= 4 is 0 Å². The van der Waals surface area contributed by atoms with Gasteiger partial charge >= 0.3 is 0 Å². The maximum atomic E-state index is 5.64. The fourth-order valence-corrected chi connectivity index (χ4v) is 2.39. The van der Waals surface area contributed by atoms with Gasteiger partial charge in [0.05, 0.1) is 6.10 Å². The predicted molar refractivity (Wildman–Crippen MR) is 50.3 cm³/mol. The number of hydrogen-bond acceptors (Lipinski definition) is 3. The lowest BCUT2D eigenvalue weighted by Crippen LogP contribution is -2.44. The zero-order chi connectivity index (χ0) is 9.26. The van der Waals surface area contributed by atoms with Crippen molar-refractivity contribution < 1.29 is 9.47 Å². The summed E-state index contributed by atoms with van der Waals surface area (Å²) in [5.74, 6) is 0. The molecule has 1 heterocycles. The summed E-state index contributed by atoms with van der Waals surface area (Å²) < 4.78 is 11.1. The molecule has 0 radical (unpaired) electrons. The van der Waals surface area contributed by atoms with Crippen molar-refractivity contribution in [3.05, 3.63) is 0 Å². The Balaban J connectivity index is 2.06. The summed E-state index contributed by atoms with van der Waals surface area (Å²) in [4.78, 5) is 2.42. The van der Waals surface area contributed by atoms with E-state index < -0.39 is 0 Å². The summed E-state index contributed by atoms with van der Waals surface area (Å²) in [5.41, 5.74) is 0. The Bertz CT molecular complexity index is 172. The lowest BCUT2D eigenvalue weighted by Gasteiger charge is -2.31. The third kappa shape index (κ3) is 1.87. The van der Waals surface area contributed by atoms with Crippen LogP contribution >= 0.6 is 0 Å². The van der Waals surface area contributed by atoms with Crippen LogP contribution in [0.25, 0.3) is 0 Å². The van der Waals surface area contributed by atoms with Gasteiger partial charge in [-0.15, -0.1) is 0 Å². The second kappa shape index (κ2) is 3.95. The summed E-state index contributed by atoms with van der Waals surface area (Å²) >= 11 is 0. The van der Waals surface area contributed by atoms with Crippen LogP contribution < -0.4 is 0 Å². The van der Waals surface area contributed by atoms with Gasteiger partial charge in [0.2, 0.25) is 0 Å². The molecule has 0 aromatic carbocycles. The first-order chi connectivity index (χ1) is 6.29. The maximum absolute atomic E-state index is 5.64. The van der Waals surface area contributed by atoms with Gasteiger partial charge < -0.3 is 9.47 Å². The average molecular weight is 185 g/mol. The van der Waals surface area contributed by atoms with E-state index in [0.29, 0.717) is 25.0 Å². The van der Waals surface area contributed by atoms with Gasteiger partial charge in [0.25, 0.3) is 0 Å². The predicted octanol–water partition coefficient (Wildman–Crippen LogP) is 1.58. The molecule has 0 aromatic heterocycles. The third-order valence-electron chi connectivity index (χ3n) is 3.11. The van der Waals surface area contributed by atoms with E-state index >= 15 is 0 Å². The second-order valence-electron chi connectivity index (χ2n) is 4.26. The van der Waals surface area contributed by atoms with Crippen LogP contribution in [-0.4, -0.2) is 36.6 Å². The summed E-state index contributed by atoms with van der Waals surface area (Å²) in [7, 11) is 0. The Kier molecular flexibility index (Phi) is 2.86. The van der Waals surface area contributed by atoms with Crippen LogP contribution in [0.2, 0.25) is 0 Å². The minimum absolute atomic E-state index is 0.421. The summed E-state index contributed by atoms with van der Waals surface area (Å²) in [6.07, 6.45) is 4.20. The molecule has 2 aliphatic rings. The second-order valence-corrected chi connectivity index (χ2v) is 4.26. The van der Waals surface area contributed by atoms with Gasteiger partial charge in [-0.1, -0.05) is 0 Å². The number of nitrogens with zero attached hydrogens (tertiary/aromatic N) is 1. The first-order valence-electron chi connectivity index (χ1n) is 5.24. The molecule has 2 atom stereocenters. The Morgan fingerprint density at radius 1 is 1.31 bits per heavy atom. The van der Waals surface area contributed by atoms with E-state index in [4.69, 9.17) is 9.47 Å². The molecule has 2 rings (SSSR count). The Morgan fingerprint density at radius 2 is 2.15 bits per heavy atom. The highest BCUT2D eigenvalue weighted by atomic mass is 16.7. The van der Waals surface area contributed by atoms with Crippen LogP contribution in [0, 0.1) is 0 Å². The highest BCUT2D eigenvalue weighted by Gasteiger charge is 2.35. The van der Waals surface area contributed by atoms with Crippen LogP contribution in [0.5, 0.6) is 0 Å². The molecule has 3 heteroatoms. The lowest BCUT2D eigenvalue weighted by molar-refractivity contribution is -0.0731. The van der Waals surface area contributed by atoms with Crippen molar-refractivity contribution in [1.82, 2.24) is 4.90 Å². The van der Waals surface area contributed by atoms with Gasteiger partial charge in [-0.3, -0.25) is 4.90 Å². The fraction of sp³-hybridized carbons (Fsp3) is 1.00. The third-order valence-corrected chi connectivity index (χ3v) is 3.11.